The van der Waals surface area contributed by atoms with E-state index < -0.39 is 0 Å². The van der Waals surface area contributed by atoms with Gasteiger partial charge in [0.05, 0.1) is 18.9 Å². The first kappa shape index (κ1) is 15.3. The number of morpholine rings is 1. The van der Waals surface area contributed by atoms with Gasteiger partial charge in [-0.3, -0.25) is 4.90 Å². The Morgan fingerprint density at radius 2 is 2.15 bits per heavy atom. The summed E-state index contributed by atoms with van der Waals surface area (Å²) < 4.78 is 12.6. The Balaban J connectivity index is 1.80. The monoisotopic (exact) mass is 282 g/mol. The summed E-state index contributed by atoms with van der Waals surface area (Å²) in [5.41, 5.74) is 1.06. The summed E-state index contributed by atoms with van der Waals surface area (Å²) in [4.78, 5) is 6.98. The predicted octanol–water partition coefficient (Wildman–Crippen LogP) is 0.972. The fourth-order valence-corrected chi connectivity index (χ4v) is 2.35. The van der Waals surface area contributed by atoms with Gasteiger partial charge in [0.15, 0.2) is 0 Å². The largest absolute Gasteiger partial charge is 0.385 e. The summed E-state index contributed by atoms with van der Waals surface area (Å²) >= 11 is 0. The Morgan fingerprint density at radius 1 is 1.35 bits per heavy atom. The van der Waals surface area contributed by atoms with E-state index in [1.807, 2.05) is 6.92 Å². The standard InChI is InChI=1S/C14H26N4O2/c1-13-12-18(6-5-17-7-10-20-11-8-17)14(16-13)15-4-3-9-19-2/h12H,3-11H2,1-2H3,(H,15,16). The summed E-state index contributed by atoms with van der Waals surface area (Å²) in [6, 6.07) is 0. The van der Waals surface area contributed by atoms with Crippen LogP contribution < -0.4 is 5.32 Å². The Labute approximate surface area is 121 Å². The highest BCUT2D eigenvalue weighted by Crippen LogP contribution is 2.09. The second kappa shape index (κ2) is 8.24. The van der Waals surface area contributed by atoms with Gasteiger partial charge in [-0.15, -0.1) is 0 Å². The number of imidazole rings is 1. The van der Waals surface area contributed by atoms with Crippen molar-refractivity contribution in [2.45, 2.75) is 19.9 Å². The van der Waals surface area contributed by atoms with Crippen LogP contribution in [0.4, 0.5) is 5.95 Å². The number of hydrogen-bond donors (Lipinski definition) is 1. The van der Waals surface area contributed by atoms with E-state index in [4.69, 9.17) is 9.47 Å². The van der Waals surface area contributed by atoms with Crippen molar-refractivity contribution in [3.05, 3.63) is 11.9 Å². The van der Waals surface area contributed by atoms with Gasteiger partial charge >= 0.3 is 0 Å². The van der Waals surface area contributed by atoms with Crippen molar-refractivity contribution < 1.29 is 9.47 Å². The molecule has 6 heteroatoms. The van der Waals surface area contributed by atoms with E-state index in [0.29, 0.717) is 0 Å². The van der Waals surface area contributed by atoms with Crippen LogP contribution in [0.25, 0.3) is 0 Å². The second-order valence-electron chi connectivity index (χ2n) is 5.13. The van der Waals surface area contributed by atoms with E-state index >= 15 is 0 Å². The molecule has 0 aromatic carbocycles. The van der Waals surface area contributed by atoms with Gasteiger partial charge < -0.3 is 19.4 Å². The van der Waals surface area contributed by atoms with Gasteiger partial charge in [-0.2, -0.15) is 0 Å². The number of hydrogen-bond acceptors (Lipinski definition) is 5. The number of ether oxygens (including phenoxy) is 2. The van der Waals surface area contributed by atoms with Crippen LogP contribution in [0, 0.1) is 6.92 Å². The van der Waals surface area contributed by atoms with Gasteiger partial charge in [0.2, 0.25) is 5.95 Å². The molecule has 0 amide bonds. The summed E-state index contributed by atoms with van der Waals surface area (Å²) in [7, 11) is 1.73. The molecule has 1 aliphatic rings. The quantitative estimate of drug-likeness (QED) is 0.720. The van der Waals surface area contributed by atoms with Crippen LogP contribution in [0.2, 0.25) is 0 Å². The first-order valence-electron chi connectivity index (χ1n) is 7.36. The van der Waals surface area contributed by atoms with Gasteiger partial charge in [-0.25, -0.2) is 4.98 Å². The molecule has 1 saturated heterocycles. The molecule has 1 fully saturated rings. The molecule has 1 N–H and O–H groups in total. The van der Waals surface area contributed by atoms with E-state index in [-0.39, 0.29) is 0 Å². The zero-order valence-corrected chi connectivity index (χ0v) is 12.6. The molecule has 0 unspecified atom stereocenters. The van der Waals surface area contributed by atoms with E-state index in [2.05, 4.69) is 26.0 Å². The number of aryl methyl sites for hydroxylation is 1. The van der Waals surface area contributed by atoms with Gasteiger partial charge in [0, 0.05) is 52.6 Å². The molecule has 114 valence electrons. The molecular weight excluding hydrogens is 256 g/mol. The summed E-state index contributed by atoms with van der Waals surface area (Å²) in [5, 5.41) is 3.39. The maximum Gasteiger partial charge on any atom is 0.203 e. The average Bonchev–Trinajstić information content (AvgIpc) is 2.83. The van der Waals surface area contributed by atoms with Crippen molar-refractivity contribution in [3.63, 3.8) is 0 Å². The zero-order valence-electron chi connectivity index (χ0n) is 12.6. The van der Waals surface area contributed by atoms with E-state index in [1.54, 1.807) is 7.11 Å². The third kappa shape index (κ3) is 4.77. The fourth-order valence-electron chi connectivity index (χ4n) is 2.35. The van der Waals surface area contributed by atoms with Crippen LogP contribution in [0.3, 0.4) is 0 Å². The minimum absolute atomic E-state index is 0.778. The average molecular weight is 282 g/mol. The van der Waals surface area contributed by atoms with Crippen LogP contribution >= 0.6 is 0 Å². The molecule has 2 rings (SSSR count). The molecular formula is C14H26N4O2. The first-order valence-corrected chi connectivity index (χ1v) is 7.36. The van der Waals surface area contributed by atoms with Crippen molar-refractivity contribution in [1.29, 1.82) is 0 Å². The Hall–Kier alpha value is -1.11. The third-order valence-corrected chi connectivity index (χ3v) is 3.47. The molecule has 1 aliphatic heterocycles. The lowest BCUT2D eigenvalue weighted by molar-refractivity contribution is 0.0364. The van der Waals surface area contributed by atoms with Crippen molar-refractivity contribution in [2.75, 3.05) is 58.4 Å². The molecule has 6 nitrogen and oxygen atoms in total. The molecule has 20 heavy (non-hydrogen) atoms. The lowest BCUT2D eigenvalue weighted by Gasteiger charge is -2.26. The van der Waals surface area contributed by atoms with Crippen molar-refractivity contribution >= 4 is 5.95 Å². The maximum absolute atomic E-state index is 5.37. The van der Waals surface area contributed by atoms with Crippen LogP contribution in [0.1, 0.15) is 12.1 Å². The number of nitrogens with zero attached hydrogens (tertiary/aromatic N) is 3. The van der Waals surface area contributed by atoms with Crippen LogP contribution in [-0.2, 0) is 16.0 Å². The number of rotatable bonds is 8. The summed E-state index contributed by atoms with van der Waals surface area (Å²) in [5.74, 6) is 0.965. The van der Waals surface area contributed by atoms with Crippen LogP contribution in [-0.4, -0.2) is 67.6 Å². The highest BCUT2D eigenvalue weighted by atomic mass is 16.5. The van der Waals surface area contributed by atoms with Gasteiger partial charge in [0.25, 0.3) is 0 Å². The van der Waals surface area contributed by atoms with E-state index in [0.717, 1.165) is 70.6 Å². The Kier molecular flexibility index (Phi) is 6.29. The topological polar surface area (TPSA) is 51.5 Å². The Bertz CT molecular complexity index is 389. The van der Waals surface area contributed by atoms with Gasteiger partial charge in [0.1, 0.15) is 0 Å². The van der Waals surface area contributed by atoms with Crippen LogP contribution in [0.5, 0.6) is 0 Å². The number of nitrogens with one attached hydrogen (secondary N) is 1. The number of methoxy groups -OCH3 is 1. The highest BCUT2D eigenvalue weighted by molar-refractivity contribution is 5.28. The molecule has 0 spiro atoms. The fraction of sp³-hybridized carbons (Fsp3) is 0.786. The minimum Gasteiger partial charge on any atom is -0.385 e. The smallest absolute Gasteiger partial charge is 0.203 e. The van der Waals surface area contributed by atoms with Crippen molar-refractivity contribution in [2.24, 2.45) is 0 Å². The van der Waals surface area contributed by atoms with Gasteiger partial charge in [-0.05, 0) is 13.3 Å². The first-order chi connectivity index (χ1) is 9.79. The van der Waals surface area contributed by atoms with Gasteiger partial charge in [-0.1, -0.05) is 0 Å². The number of anilines is 1. The molecule has 0 bridgehead atoms. The summed E-state index contributed by atoms with van der Waals surface area (Å²) in [6.45, 7) is 9.48. The highest BCUT2D eigenvalue weighted by Gasteiger charge is 2.11. The molecule has 2 heterocycles. The molecule has 0 saturated carbocycles. The third-order valence-electron chi connectivity index (χ3n) is 3.47. The SMILES string of the molecule is COCCCNc1nc(C)cn1CCN1CCOCC1. The molecule has 1 aromatic heterocycles. The predicted molar refractivity (Wildman–Crippen MR) is 79.2 cm³/mol. The lowest BCUT2D eigenvalue weighted by atomic mass is 10.4. The van der Waals surface area contributed by atoms with E-state index in [1.165, 1.54) is 0 Å². The Morgan fingerprint density at radius 3 is 2.90 bits per heavy atom. The lowest BCUT2D eigenvalue weighted by Crippen LogP contribution is -2.38. The second-order valence-corrected chi connectivity index (χ2v) is 5.13. The van der Waals surface area contributed by atoms with Crippen molar-refractivity contribution in [3.8, 4) is 0 Å². The van der Waals surface area contributed by atoms with Crippen molar-refractivity contribution in [1.82, 2.24) is 14.5 Å². The van der Waals surface area contributed by atoms with E-state index in [9.17, 15) is 0 Å². The molecule has 0 aliphatic carbocycles. The number of aromatic nitrogens is 2. The normalized spacial score (nSPS) is 16.5. The van der Waals surface area contributed by atoms with Crippen LogP contribution in [0.15, 0.2) is 6.20 Å². The maximum atomic E-state index is 5.37. The molecule has 0 radical (unpaired) electrons. The molecule has 1 aromatic rings. The minimum atomic E-state index is 0.778. The summed E-state index contributed by atoms with van der Waals surface area (Å²) in [6.07, 6.45) is 3.10. The zero-order chi connectivity index (χ0) is 14.2. The molecule has 0 atom stereocenters.